The molecule has 2 aromatic rings. The van der Waals surface area contributed by atoms with Crippen LogP contribution in [0.5, 0.6) is 0 Å². The van der Waals surface area contributed by atoms with Crippen molar-refractivity contribution in [1.82, 2.24) is 9.78 Å². The molecule has 84 valence electrons. The van der Waals surface area contributed by atoms with Gasteiger partial charge in [0.05, 0.1) is 5.56 Å². The smallest absolute Gasteiger partial charge is 0.267 e. The summed E-state index contributed by atoms with van der Waals surface area (Å²) in [6, 6.07) is 11.0. The standard InChI is InChI=1S/C13H11N3O/c1-9-5-3-4-6-11(9)13-10(8-14)7-12(17)16(2)15-13/h3-7H,1-2H3. The zero-order valence-corrected chi connectivity index (χ0v) is 9.64. The van der Waals surface area contributed by atoms with Crippen LogP contribution < -0.4 is 5.56 Å². The third-order valence-corrected chi connectivity index (χ3v) is 2.61. The van der Waals surface area contributed by atoms with Crippen molar-refractivity contribution in [1.29, 1.82) is 5.26 Å². The molecule has 0 N–H and O–H groups in total. The highest BCUT2D eigenvalue weighted by molar-refractivity contribution is 5.68. The predicted octanol–water partition coefficient (Wildman–Crippen LogP) is 1.63. The van der Waals surface area contributed by atoms with Gasteiger partial charge in [-0.1, -0.05) is 24.3 Å². The zero-order chi connectivity index (χ0) is 12.4. The number of nitriles is 1. The average molecular weight is 225 g/mol. The SMILES string of the molecule is Cc1ccccc1-c1nn(C)c(=O)cc1C#N. The number of hydrogen-bond donors (Lipinski definition) is 0. The van der Waals surface area contributed by atoms with Crippen LogP contribution in [0.4, 0.5) is 0 Å². The van der Waals surface area contributed by atoms with Crippen molar-refractivity contribution in [3.8, 4) is 17.3 Å². The average Bonchev–Trinajstić information content (AvgIpc) is 2.33. The maximum atomic E-state index is 11.4. The highest BCUT2D eigenvalue weighted by atomic mass is 16.1. The van der Waals surface area contributed by atoms with Gasteiger partial charge in [-0.15, -0.1) is 0 Å². The molecule has 0 aliphatic rings. The maximum absolute atomic E-state index is 11.4. The lowest BCUT2D eigenvalue weighted by molar-refractivity contribution is 0.710. The van der Waals surface area contributed by atoms with E-state index in [0.717, 1.165) is 11.1 Å². The molecule has 0 unspecified atom stereocenters. The lowest BCUT2D eigenvalue weighted by atomic mass is 10.0. The van der Waals surface area contributed by atoms with Crippen molar-refractivity contribution in [2.24, 2.45) is 7.05 Å². The van der Waals surface area contributed by atoms with Gasteiger partial charge in [0.1, 0.15) is 11.8 Å². The Hall–Kier alpha value is -2.41. The molecule has 4 nitrogen and oxygen atoms in total. The number of benzene rings is 1. The lowest BCUT2D eigenvalue weighted by Crippen LogP contribution is -2.20. The summed E-state index contributed by atoms with van der Waals surface area (Å²) in [5.74, 6) is 0. The van der Waals surface area contributed by atoms with E-state index >= 15 is 0 Å². The summed E-state index contributed by atoms with van der Waals surface area (Å²) in [4.78, 5) is 11.4. The summed E-state index contributed by atoms with van der Waals surface area (Å²) in [6.45, 7) is 1.95. The predicted molar refractivity (Wildman–Crippen MR) is 64.4 cm³/mol. The Bertz CT molecular complexity index is 665. The van der Waals surface area contributed by atoms with Crippen molar-refractivity contribution >= 4 is 0 Å². The van der Waals surface area contributed by atoms with Crippen LogP contribution in [-0.4, -0.2) is 9.78 Å². The number of rotatable bonds is 1. The first-order valence-electron chi connectivity index (χ1n) is 5.18. The van der Waals surface area contributed by atoms with Crippen LogP contribution in [0.15, 0.2) is 35.1 Å². The second-order valence-corrected chi connectivity index (χ2v) is 3.80. The Labute approximate surface area is 98.8 Å². The second kappa shape index (κ2) is 4.22. The first-order valence-corrected chi connectivity index (χ1v) is 5.18. The Balaban J connectivity index is 2.77. The van der Waals surface area contributed by atoms with Gasteiger partial charge in [-0.25, -0.2) is 4.68 Å². The van der Waals surface area contributed by atoms with Crippen LogP contribution in [0.2, 0.25) is 0 Å². The Morgan fingerprint density at radius 3 is 2.71 bits per heavy atom. The molecule has 2 rings (SSSR count). The van der Waals surface area contributed by atoms with Crippen LogP contribution in [0.1, 0.15) is 11.1 Å². The fourth-order valence-corrected chi connectivity index (χ4v) is 1.66. The topological polar surface area (TPSA) is 58.7 Å². The molecule has 0 aliphatic carbocycles. The minimum Gasteiger partial charge on any atom is -0.268 e. The highest BCUT2D eigenvalue weighted by Crippen LogP contribution is 2.22. The van der Waals surface area contributed by atoms with Crippen LogP contribution in [0.3, 0.4) is 0 Å². The number of aryl methyl sites for hydroxylation is 2. The van der Waals surface area contributed by atoms with Crippen molar-refractivity contribution < 1.29 is 0 Å². The molecule has 0 fully saturated rings. The van der Waals surface area contributed by atoms with E-state index in [4.69, 9.17) is 5.26 Å². The summed E-state index contributed by atoms with van der Waals surface area (Å²) in [5.41, 5.74) is 2.48. The van der Waals surface area contributed by atoms with Gasteiger partial charge in [0, 0.05) is 18.7 Å². The molecule has 1 heterocycles. The van der Waals surface area contributed by atoms with Gasteiger partial charge in [0.2, 0.25) is 0 Å². The molecule has 0 saturated carbocycles. The third kappa shape index (κ3) is 1.95. The van der Waals surface area contributed by atoms with Crippen molar-refractivity contribution in [3.63, 3.8) is 0 Å². The lowest BCUT2D eigenvalue weighted by Gasteiger charge is -2.07. The molecular formula is C13H11N3O. The normalized spacial score (nSPS) is 9.94. The molecule has 4 heteroatoms. The molecule has 0 spiro atoms. The summed E-state index contributed by atoms with van der Waals surface area (Å²) >= 11 is 0. The zero-order valence-electron chi connectivity index (χ0n) is 9.64. The van der Waals surface area contributed by atoms with Gasteiger partial charge in [-0.3, -0.25) is 4.79 Å². The number of aromatic nitrogens is 2. The summed E-state index contributed by atoms with van der Waals surface area (Å²) in [6.07, 6.45) is 0. The molecule has 0 atom stereocenters. The van der Waals surface area contributed by atoms with E-state index in [1.165, 1.54) is 10.7 Å². The fourth-order valence-electron chi connectivity index (χ4n) is 1.66. The summed E-state index contributed by atoms with van der Waals surface area (Å²) < 4.78 is 1.24. The van der Waals surface area contributed by atoms with Gasteiger partial charge in [0.25, 0.3) is 5.56 Å². The quantitative estimate of drug-likeness (QED) is 0.741. The van der Waals surface area contributed by atoms with E-state index in [1.54, 1.807) is 7.05 Å². The molecule has 0 bridgehead atoms. The molecule has 1 aromatic carbocycles. The van der Waals surface area contributed by atoms with Crippen LogP contribution in [0, 0.1) is 18.3 Å². The molecule has 17 heavy (non-hydrogen) atoms. The van der Waals surface area contributed by atoms with Crippen molar-refractivity contribution in [2.45, 2.75) is 6.92 Å². The minimum atomic E-state index is -0.279. The van der Waals surface area contributed by atoms with Crippen LogP contribution in [0.25, 0.3) is 11.3 Å². The van der Waals surface area contributed by atoms with Gasteiger partial charge in [0.15, 0.2) is 0 Å². The van der Waals surface area contributed by atoms with Crippen molar-refractivity contribution in [2.75, 3.05) is 0 Å². The molecule has 1 aromatic heterocycles. The first kappa shape index (κ1) is 11.1. The second-order valence-electron chi connectivity index (χ2n) is 3.80. The van der Waals surface area contributed by atoms with Gasteiger partial charge >= 0.3 is 0 Å². The van der Waals surface area contributed by atoms with E-state index in [0.29, 0.717) is 11.3 Å². The van der Waals surface area contributed by atoms with E-state index in [-0.39, 0.29) is 5.56 Å². The van der Waals surface area contributed by atoms with Gasteiger partial charge in [-0.05, 0) is 12.5 Å². The van der Waals surface area contributed by atoms with Gasteiger partial charge in [-0.2, -0.15) is 10.4 Å². The fraction of sp³-hybridized carbons (Fsp3) is 0.154. The number of nitrogens with zero attached hydrogens (tertiary/aromatic N) is 3. The van der Waals surface area contributed by atoms with Crippen LogP contribution >= 0.6 is 0 Å². The Morgan fingerprint density at radius 2 is 2.06 bits per heavy atom. The first-order chi connectivity index (χ1) is 8.13. The molecule has 0 amide bonds. The van der Waals surface area contributed by atoms with E-state index in [2.05, 4.69) is 5.10 Å². The maximum Gasteiger partial charge on any atom is 0.267 e. The van der Waals surface area contributed by atoms with Crippen molar-refractivity contribution in [3.05, 3.63) is 51.8 Å². The Morgan fingerprint density at radius 1 is 1.35 bits per heavy atom. The minimum absolute atomic E-state index is 0.279. The Kier molecular flexibility index (Phi) is 2.75. The van der Waals surface area contributed by atoms with E-state index in [1.807, 2.05) is 37.3 Å². The van der Waals surface area contributed by atoms with E-state index < -0.39 is 0 Å². The monoisotopic (exact) mass is 225 g/mol. The molecular weight excluding hydrogens is 214 g/mol. The summed E-state index contributed by atoms with van der Waals surface area (Å²) in [5, 5.41) is 13.2. The summed E-state index contributed by atoms with van der Waals surface area (Å²) in [7, 11) is 1.57. The molecule has 0 radical (unpaired) electrons. The molecule has 0 saturated heterocycles. The number of hydrogen-bond acceptors (Lipinski definition) is 3. The third-order valence-electron chi connectivity index (χ3n) is 2.61. The van der Waals surface area contributed by atoms with Gasteiger partial charge < -0.3 is 0 Å². The van der Waals surface area contributed by atoms with E-state index in [9.17, 15) is 4.79 Å². The molecule has 0 aliphatic heterocycles. The van der Waals surface area contributed by atoms with Crippen LogP contribution in [-0.2, 0) is 7.05 Å². The highest BCUT2D eigenvalue weighted by Gasteiger charge is 2.10. The largest absolute Gasteiger partial charge is 0.268 e.